The summed E-state index contributed by atoms with van der Waals surface area (Å²) in [5, 5.41) is 20.6. The second-order valence-electron chi connectivity index (χ2n) is 7.59. The first-order valence-corrected chi connectivity index (χ1v) is 10.3. The number of ether oxygens (including phenoxy) is 1. The summed E-state index contributed by atoms with van der Waals surface area (Å²) >= 11 is 0. The van der Waals surface area contributed by atoms with Crippen LogP contribution in [0.2, 0.25) is 0 Å². The van der Waals surface area contributed by atoms with Gasteiger partial charge >= 0.3 is 6.16 Å². The topological polar surface area (TPSA) is 95.4 Å². The Morgan fingerprint density at radius 3 is 2.50 bits per heavy atom. The van der Waals surface area contributed by atoms with Crippen LogP contribution in [0.15, 0.2) is 72.8 Å². The Kier molecular flexibility index (Phi) is 4.75. The highest BCUT2D eigenvalue weighted by Crippen LogP contribution is 2.36. The van der Waals surface area contributed by atoms with Crippen LogP contribution < -0.4 is 4.74 Å². The molecule has 32 heavy (non-hydrogen) atoms. The van der Waals surface area contributed by atoms with Gasteiger partial charge in [0.25, 0.3) is 0 Å². The molecule has 0 atom stereocenters. The molecule has 0 amide bonds. The zero-order chi connectivity index (χ0) is 22.2. The van der Waals surface area contributed by atoms with E-state index in [4.69, 9.17) is 10.1 Å². The average molecular weight is 424 g/mol. The molecular formula is C26H20N2O4. The summed E-state index contributed by atoms with van der Waals surface area (Å²) < 4.78 is 4.69. The average Bonchev–Trinajstić information content (AvgIpc) is 3.23. The van der Waals surface area contributed by atoms with Gasteiger partial charge in [0.15, 0.2) is 0 Å². The summed E-state index contributed by atoms with van der Waals surface area (Å²) in [7, 11) is 0. The molecule has 0 fully saturated rings. The predicted molar refractivity (Wildman–Crippen MR) is 124 cm³/mol. The van der Waals surface area contributed by atoms with Crippen molar-refractivity contribution in [2.45, 2.75) is 13.3 Å². The van der Waals surface area contributed by atoms with Crippen LogP contribution in [-0.4, -0.2) is 26.3 Å². The molecular weight excluding hydrogens is 404 g/mol. The molecule has 1 aromatic heterocycles. The van der Waals surface area contributed by atoms with Crippen molar-refractivity contribution in [3.8, 4) is 34.0 Å². The number of phenols is 1. The number of rotatable bonds is 4. The number of carboxylic acid groups (broad SMARTS) is 1. The van der Waals surface area contributed by atoms with Crippen LogP contribution in [0.5, 0.6) is 11.5 Å². The van der Waals surface area contributed by atoms with Gasteiger partial charge in [0, 0.05) is 11.6 Å². The van der Waals surface area contributed by atoms with E-state index in [9.17, 15) is 9.90 Å². The molecule has 4 aromatic carbocycles. The zero-order valence-electron chi connectivity index (χ0n) is 17.3. The maximum atomic E-state index is 10.8. The zero-order valence-corrected chi connectivity index (χ0v) is 17.3. The number of aromatic nitrogens is 2. The Hall–Kier alpha value is -4.32. The number of nitrogens with zero attached hydrogens (tertiary/aromatic N) is 1. The molecule has 0 saturated heterocycles. The van der Waals surface area contributed by atoms with Gasteiger partial charge in [-0.2, -0.15) is 0 Å². The molecule has 0 aliphatic heterocycles. The van der Waals surface area contributed by atoms with Gasteiger partial charge in [-0.1, -0.05) is 55.5 Å². The number of hydrogen-bond donors (Lipinski definition) is 3. The molecule has 0 unspecified atom stereocenters. The van der Waals surface area contributed by atoms with Crippen LogP contribution in [0, 0.1) is 0 Å². The third kappa shape index (κ3) is 3.52. The number of fused-ring (bicyclic) bond motifs is 3. The van der Waals surface area contributed by atoms with Crippen molar-refractivity contribution >= 4 is 28.0 Å². The summed E-state index contributed by atoms with van der Waals surface area (Å²) in [4.78, 5) is 18.9. The standard InChI is InChI=1S/C26H20N2O4/c1-2-15-6-8-16(9-7-15)17-4-3-5-19(12-17)25-27-21-11-10-18-13-20(32-26(30)31)14-22(29)23(18)24(21)28-25/h3-14,29H,2H2,1H3,(H,27,28)(H,30,31). The molecule has 1 heterocycles. The van der Waals surface area contributed by atoms with E-state index in [1.54, 1.807) is 12.1 Å². The lowest BCUT2D eigenvalue weighted by molar-refractivity contribution is 0.144. The summed E-state index contributed by atoms with van der Waals surface area (Å²) in [6, 6.07) is 23.2. The van der Waals surface area contributed by atoms with Gasteiger partial charge in [-0.25, -0.2) is 9.78 Å². The second-order valence-corrected chi connectivity index (χ2v) is 7.59. The normalized spacial score (nSPS) is 11.2. The largest absolute Gasteiger partial charge is 0.511 e. The smallest absolute Gasteiger partial charge is 0.507 e. The maximum Gasteiger partial charge on any atom is 0.511 e. The summed E-state index contributed by atoms with van der Waals surface area (Å²) in [6.45, 7) is 2.14. The van der Waals surface area contributed by atoms with E-state index >= 15 is 0 Å². The van der Waals surface area contributed by atoms with Crippen LogP contribution >= 0.6 is 0 Å². The van der Waals surface area contributed by atoms with E-state index in [-0.39, 0.29) is 11.5 Å². The minimum atomic E-state index is -1.43. The number of H-pyrrole nitrogens is 1. The quantitative estimate of drug-likeness (QED) is 0.230. The lowest BCUT2D eigenvalue weighted by Crippen LogP contribution is -2.02. The fourth-order valence-corrected chi connectivity index (χ4v) is 3.96. The number of benzene rings is 4. The van der Waals surface area contributed by atoms with Crippen LogP contribution in [0.4, 0.5) is 4.79 Å². The van der Waals surface area contributed by atoms with Crippen molar-refractivity contribution in [1.29, 1.82) is 0 Å². The molecule has 0 bridgehead atoms. The Labute approximate surface area is 183 Å². The minimum Gasteiger partial charge on any atom is -0.507 e. The molecule has 0 radical (unpaired) electrons. The number of phenolic OH excluding ortho intramolecular Hbond substituents is 1. The third-order valence-corrected chi connectivity index (χ3v) is 5.56. The van der Waals surface area contributed by atoms with E-state index in [2.05, 4.69) is 53.0 Å². The van der Waals surface area contributed by atoms with Gasteiger partial charge in [-0.3, -0.25) is 0 Å². The molecule has 0 saturated carbocycles. The summed E-state index contributed by atoms with van der Waals surface area (Å²) in [5.41, 5.74) is 5.83. The molecule has 0 aliphatic rings. The van der Waals surface area contributed by atoms with Crippen molar-refractivity contribution < 1.29 is 19.7 Å². The molecule has 3 N–H and O–H groups in total. The fourth-order valence-electron chi connectivity index (χ4n) is 3.96. The first-order valence-electron chi connectivity index (χ1n) is 10.3. The number of carbonyl (C=O) groups is 1. The van der Waals surface area contributed by atoms with E-state index in [1.807, 2.05) is 18.2 Å². The van der Waals surface area contributed by atoms with Crippen LogP contribution in [-0.2, 0) is 6.42 Å². The number of nitrogens with one attached hydrogen (secondary N) is 1. The summed E-state index contributed by atoms with van der Waals surface area (Å²) in [5.74, 6) is 0.649. The predicted octanol–water partition coefficient (Wildman–Crippen LogP) is 6.37. The van der Waals surface area contributed by atoms with E-state index in [1.165, 1.54) is 11.6 Å². The van der Waals surface area contributed by atoms with Crippen LogP contribution in [0.3, 0.4) is 0 Å². The maximum absolute atomic E-state index is 10.8. The molecule has 6 nitrogen and oxygen atoms in total. The first-order chi connectivity index (χ1) is 15.5. The highest BCUT2D eigenvalue weighted by molar-refractivity contribution is 6.08. The fraction of sp³-hybridized carbons (Fsp3) is 0.0769. The van der Waals surface area contributed by atoms with E-state index < -0.39 is 6.16 Å². The van der Waals surface area contributed by atoms with Gasteiger partial charge < -0.3 is 19.9 Å². The highest BCUT2D eigenvalue weighted by atomic mass is 16.7. The Morgan fingerprint density at radius 1 is 0.969 bits per heavy atom. The van der Waals surface area contributed by atoms with Crippen molar-refractivity contribution in [2.24, 2.45) is 0 Å². The van der Waals surface area contributed by atoms with E-state index in [0.29, 0.717) is 22.1 Å². The van der Waals surface area contributed by atoms with E-state index in [0.717, 1.165) is 28.6 Å². The molecule has 0 spiro atoms. The van der Waals surface area contributed by atoms with Gasteiger partial charge in [-0.05, 0) is 46.7 Å². The second kappa shape index (κ2) is 7.74. The van der Waals surface area contributed by atoms with Crippen LogP contribution in [0.1, 0.15) is 12.5 Å². The monoisotopic (exact) mass is 424 g/mol. The Balaban J connectivity index is 1.59. The SMILES string of the molecule is CCc1ccc(-c2cccc(-c3nc4c(ccc5cc(OC(=O)O)cc(O)c54)[nH]3)c2)cc1. The van der Waals surface area contributed by atoms with Gasteiger partial charge in [-0.15, -0.1) is 0 Å². The molecule has 5 aromatic rings. The molecule has 6 heteroatoms. The Bertz CT molecular complexity index is 1470. The van der Waals surface area contributed by atoms with Crippen molar-refractivity contribution in [1.82, 2.24) is 9.97 Å². The highest BCUT2D eigenvalue weighted by Gasteiger charge is 2.14. The Morgan fingerprint density at radius 2 is 1.75 bits per heavy atom. The van der Waals surface area contributed by atoms with Crippen LogP contribution in [0.25, 0.3) is 44.3 Å². The third-order valence-electron chi connectivity index (χ3n) is 5.56. The molecule has 158 valence electrons. The number of aromatic hydroxyl groups is 1. The number of aromatic amines is 1. The lowest BCUT2D eigenvalue weighted by Gasteiger charge is -2.06. The number of imidazole rings is 1. The van der Waals surface area contributed by atoms with Crippen molar-refractivity contribution in [2.75, 3.05) is 0 Å². The molecule has 5 rings (SSSR count). The van der Waals surface area contributed by atoms with Gasteiger partial charge in [0.05, 0.1) is 10.9 Å². The van der Waals surface area contributed by atoms with Gasteiger partial charge in [0.1, 0.15) is 22.8 Å². The van der Waals surface area contributed by atoms with Gasteiger partial charge in [0.2, 0.25) is 0 Å². The minimum absolute atomic E-state index is 0.0550. The molecule has 0 aliphatic carbocycles. The van der Waals surface area contributed by atoms with Crippen molar-refractivity contribution in [3.63, 3.8) is 0 Å². The summed E-state index contributed by atoms with van der Waals surface area (Å²) in [6.07, 6.45) is -0.430. The lowest BCUT2D eigenvalue weighted by atomic mass is 10.0. The van der Waals surface area contributed by atoms with Crippen molar-refractivity contribution in [3.05, 3.63) is 78.4 Å². The number of hydrogen-bond acceptors (Lipinski definition) is 4. The first kappa shape index (κ1) is 19.6. The number of aryl methyl sites for hydroxylation is 1.